The topological polar surface area (TPSA) is 66.0 Å². The first-order valence-electron chi connectivity index (χ1n) is 8.64. The van der Waals surface area contributed by atoms with Crippen LogP contribution in [-0.4, -0.2) is 44.0 Å². The molecule has 6 nitrogen and oxygen atoms in total. The monoisotopic (exact) mass is 516 g/mol. The van der Waals surface area contributed by atoms with Gasteiger partial charge in [0.2, 0.25) is 5.91 Å². The van der Waals surface area contributed by atoms with E-state index in [-0.39, 0.29) is 29.9 Å². The average Bonchev–Trinajstić information content (AvgIpc) is 2.63. The summed E-state index contributed by atoms with van der Waals surface area (Å²) in [5, 5.41) is 6.73. The summed E-state index contributed by atoms with van der Waals surface area (Å²) in [4.78, 5) is 17.4. The molecule has 2 N–H and O–H groups in total. The van der Waals surface area contributed by atoms with Gasteiger partial charge in [0, 0.05) is 44.3 Å². The number of benzene rings is 2. The second-order valence-corrected chi connectivity index (χ2v) is 6.45. The highest BCUT2D eigenvalue weighted by atomic mass is 127. The van der Waals surface area contributed by atoms with Gasteiger partial charge in [0.1, 0.15) is 12.4 Å². The van der Waals surface area contributed by atoms with E-state index in [1.165, 1.54) is 6.92 Å². The second kappa shape index (κ2) is 12.5. The molecule has 0 saturated heterocycles. The summed E-state index contributed by atoms with van der Waals surface area (Å²) in [7, 11) is 3.72. The van der Waals surface area contributed by atoms with Crippen molar-refractivity contribution in [2.24, 2.45) is 4.99 Å². The first kappa shape index (κ1) is 24.0. The zero-order valence-corrected chi connectivity index (χ0v) is 19.3. The summed E-state index contributed by atoms with van der Waals surface area (Å²) in [6.45, 7) is 3.26. The summed E-state index contributed by atoms with van der Waals surface area (Å²) in [5.74, 6) is 1.37. The standard InChI is InChI=1S/C20H25ClN4O2.HI/c1-15(26)24-18-5-4-6-19(13-18)27-12-11-23-20(22-2)25(3)14-16-7-9-17(21)10-8-16;/h4-10,13H,11-12,14H2,1-3H3,(H,22,23)(H,24,26);1H. The van der Waals surface area contributed by atoms with E-state index < -0.39 is 0 Å². The van der Waals surface area contributed by atoms with Gasteiger partial charge in [0.05, 0.1) is 6.54 Å². The Bertz CT molecular complexity index is 784. The van der Waals surface area contributed by atoms with Crippen LogP contribution in [0.15, 0.2) is 53.5 Å². The minimum atomic E-state index is -0.110. The maximum Gasteiger partial charge on any atom is 0.221 e. The van der Waals surface area contributed by atoms with Crippen molar-refractivity contribution in [1.82, 2.24) is 10.2 Å². The van der Waals surface area contributed by atoms with Gasteiger partial charge in [-0.1, -0.05) is 29.8 Å². The Labute approximate surface area is 188 Å². The van der Waals surface area contributed by atoms with Crippen LogP contribution in [0.3, 0.4) is 0 Å². The molecule has 0 heterocycles. The maximum absolute atomic E-state index is 11.1. The summed E-state index contributed by atoms with van der Waals surface area (Å²) < 4.78 is 5.73. The van der Waals surface area contributed by atoms with Gasteiger partial charge in [0.25, 0.3) is 0 Å². The molecule has 0 bridgehead atoms. The van der Waals surface area contributed by atoms with Crippen molar-refractivity contribution in [1.29, 1.82) is 0 Å². The van der Waals surface area contributed by atoms with Gasteiger partial charge >= 0.3 is 0 Å². The number of hydrogen-bond donors (Lipinski definition) is 2. The molecule has 0 radical (unpaired) electrons. The van der Waals surface area contributed by atoms with Gasteiger partial charge in [-0.15, -0.1) is 24.0 Å². The van der Waals surface area contributed by atoms with Crippen molar-refractivity contribution in [2.45, 2.75) is 13.5 Å². The molecule has 1 amide bonds. The van der Waals surface area contributed by atoms with Crippen molar-refractivity contribution >= 4 is 53.1 Å². The summed E-state index contributed by atoms with van der Waals surface area (Å²) >= 11 is 5.92. The zero-order chi connectivity index (χ0) is 19.6. The van der Waals surface area contributed by atoms with Crippen molar-refractivity contribution < 1.29 is 9.53 Å². The molecule has 152 valence electrons. The Hall–Kier alpha value is -2.00. The number of rotatable bonds is 7. The van der Waals surface area contributed by atoms with E-state index in [4.69, 9.17) is 16.3 Å². The van der Waals surface area contributed by atoms with Gasteiger partial charge in [-0.05, 0) is 29.8 Å². The fourth-order valence-corrected chi connectivity index (χ4v) is 2.65. The molecule has 0 aliphatic heterocycles. The van der Waals surface area contributed by atoms with E-state index in [1.807, 2.05) is 54.4 Å². The van der Waals surface area contributed by atoms with Crippen LogP contribution >= 0.6 is 35.6 Å². The first-order chi connectivity index (χ1) is 13.0. The number of hydrogen-bond acceptors (Lipinski definition) is 3. The third-order valence-corrected chi connectivity index (χ3v) is 3.97. The minimum absolute atomic E-state index is 0. The number of halogens is 2. The molecule has 0 spiro atoms. The molecule has 8 heteroatoms. The molecular weight excluding hydrogens is 491 g/mol. The first-order valence-corrected chi connectivity index (χ1v) is 9.02. The van der Waals surface area contributed by atoms with Crippen molar-refractivity contribution in [3.8, 4) is 5.75 Å². The summed E-state index contributed by atoms with van der Waals surface area (Å²) in [6, 6.07) is 15.1. The number of aliphatic imine (C=N–C) groups is 1. The molecular formula is C20H26ClIN4O2. The van der Waals surface area contributed by atoms with Crippen molar-refractivity contribution in [3.63, 3.8) is 0 Å². The van der Waals surface area contributed by atoms with Crippen LogP contribution in [-0.2, 0) is 11.3 Å². The lowest BCUT2D eigenvalue weighted by atomic mass is 10.2. The molecule has 0 aromatic heterocycles. The molecule has 0 aliphatic carbocycles. The molecule has 0 fully saturated rings. The Balaban J connectivity index is 0.00000392. The van der Waals surface area contributed by atoms with Crippen LogP contribution in [0.25, 0.3) is 0 Å². The highest BCUT2D eigenvalue weighted by Gasteiger charge is 2.06. The maximum atomic E-state index is 11.1. The third kappa shape index (κ3) is 8.35. The minimum Gasteiger partial charge on any atom is -0.492 e. The molecule has 2 aromatic carbocycles. The van der Waals surface area contributed by atoms with Crippen LogP contribution < -0.4 is 15.4 Å². The normalized spacial score (nSPS) is 10.6. The Morgan fingerprint density at radius 1 is 1.21 bits per heavy atom. The highest BCUT2D eigenvalue weighted by Crippen LogP contribution is 2.17. The summed E-state index contributed by atoms with van der Waals surface area (Å²) in [5.41, 5.74) is 1.86. The lowest BCUT2D eigenvalue weighted by Crippen LogP contribution is -2.40. The molecule has 0 atom stereocenters. The molecule has 0 saturated carbocycles. The average molecular weight is 517 g/mol. The van der Waals surface area contributed by atoms with Crippen LogP contribution in [0.4, 0.5) is 5.69 Å². The number of nitrogens with zero attached hydrogens (tertiary/aromatic N) is 2. The molecule has 28 heavy (non-hydrogen) atoms. The Kier molecular flexibility index (Phi) is 10.7. The summed E-state index contributed by atoms with van der Waals surface area (Å²) in [6.07, 6.45) is 0. The molecule has 0 aliphatic rings. The number of guanidine groups is 1. The fourth-order valence-electron chi connectivity index (χ4n) is 2.52. The van der Waals surface area contributed by atoms with E-state index >= 15 is 0 Å². The van der Waals surface area contributed by atoms with E-state index in [0.717, 1.165) is 23.1 Å². The Morgan fingerprint density at radius 3 is 2.57 bits per heavy atom. The van der Waals surface area contributed by atoms with Crippen molar-refractivity contribution in [2.75, 3.05) is 32.6 Å². The number of anilines is 1. The quantitative estimate of drug-likeness (QED) is 0.253. The van der Waals surface area contributed by atoms with Crippen LogP contribution in [0.1, 0.15) is 12.5 Å². The van der Waals surface area contributed by atoms with Crippen LogP contribution in [0, 0.1) is 0 Å². The van der Waals surface area contributed by atoms with Gasteiger partial charge in [0.15, 0.2) is 5.96 Å². The van der Waals surface area contributed by atoms with E-state index in [1.54, 1.807) is 13.1 Å². The van der Waals surface area contributed by atoms with Crippen LogP contribution in [0.5, 0.6) is 5.75 Å². The van der Waals surface area contributed by atoms with E-state index in [9.17, 15) is 4.79 Å². The predicted octanol–water partition coefficient (Wildman–Crippen LogP) is 4.00. The van der Waals surface area contributed by atoms with Gasteiger partial charge in [-0.3, -0.25) is 9.79 Å². The fraction of sp³-hybridized carbons (Fsp3) is 0.300. The SMILES string of the molecule is CN=C(NCCOc1cccc(NC(C)=O)c1)N(C)Cc1ccc(Cl)cc1.I. The van der Waals surface area contributed by atoms with Gasteiger partial charge in [-0.25, -0.2) is 0 Å². The van der Waals surface area contributed by atoms with Crippen LogP contribution in [0.2, 0.25) is 5.02 Å². The smallest absolute Gasteiger partial charge is 0.221 e. The number of carbonyl (C=O) groups excluding carboxylic acids is 1. The second-order valence-electron chi connectivity index (χ2n) is 6.01. The predicted molar refractivity (Wildman–Crippen MR) is 126 cm³/mol. The van der Waals surface area contributed by atoms with Gasteiger partial charge < -0.3 is 20.3 Å². The molecule has 0 unspecified atom stereocenters. The number of nitrogens with one attached hydrogen (secondary N) is 2. The lowest BCUT2D eigenvalue weighted by Gasteiger charge is -2.22. The highest BCUT2D eigenvalue weighted by molar-refractivity contribution is 14.0. The van der Waals surface area contributed by atoms with E-state index in [0.29, 0.717) is 24.6 Å². The zero-order valence-electron chi connectivity index (χ0n) is 16.2. The number of amides is 1. The Morgan fingerprint density at radius 2 is 1.93 bits per heavy atom. The van der Waals surface area contributed by atoms with Crippen molar-refractivity contribution in [3.05, 3.63) is 59.1 Å². The molecule has 2 rings (SSSR count). The third-order valence-electron chi connectivity index (χ3n) is 3.71. The van der Waals surface area contributed by atoms with E-state index in [2.05, 4.69) is 15.6 Å². The van der Waals surface area contributed by atoms with Gasteiger partial charge in [-0.2, -0.15) is 0 Å². The number of carbonyl (C=O) groups is 1. The lowest BCUT2D eigenvalue weighted by molar-refractivity contribution is -0.114. The molecule has 2 aromatic rings. The largest absolute Gasteiger partial charge is 0.492 e. The number of ether oxygens (including phenoxy) is 1.